The smallest absolute Gasteiger partial charge is 0.180 e. The Hall–Kier alpha value is -4.04. The zero-order chi connectivity index (χ0) is 24.5. The summed E-state index contributed by atoms with van der Waals surface area (Å²) in [5.74, 6) is 2.78. The molecule has 5 aromatic rings. The molecular formula is C27H30N6O2. The Labute approximate surface area is 204 Å². The van der Waals surface area contributed by atoms with Crippen LogP contribution in [0.25, 0.3) is 33.3 Å². The fraction of sp³-hybridized carbons (Fsp3) is 0.259. The van der Waals surface area contributed by atoms with Crippen molar-refractivity contribution in [3.8, 4) is 22.8 Å². The van der Waals surface area contributed by atoms with Gasteiger partial charge in [0.1, 0.15) is 11.6 Å². The molecule has 180 valence electrons. The molecule has 0 radical (unpaired) electrons. The van der Waals surface area contributed by atoms with Gasteiger partial charge in [0, 0.05) is 35.2 Å². The lowest BCUT2D eigenvalue weighted by Gasteiger charge is -2.17. The number of hydrogen-bond acceptors (Lipinski definition) is 6. The summed E-state index contributed by atoms with van der Waals surface area (Å²) in [7, 11) is 5.46. The average Bonchev–Trinajstić information content (AvgIpc) is 3.44. The number of methoxy groups -OCH3 is 2. The van der Waals surface area contributed by atoms with Gasteiger partial charge in [0.05, 0.1) is 19.7 Å². The number of benzene rings is 2. The van der Waals surface area contributed by atoms with Crippen LogP contribution in [0.4, 0.5) is 5.82 Å². The lowest BCUT2D eigenvalue weighted by molar-refractivity contribution is 0.330. The number of rotatable bonds is 8. The Balaban J connectivity index is 1.32. The first-order valence-corrected chi connectivity index (χ1v) is 11.6. The molecule has 0 spiro atoms. The number of nitrogens with zero attached hydrogens (tertiary/aromatic N) is 3. The summed E-state index contributed by atoms with van der Waals surface area (Å²) in [6.45, 7) is 3.70. The van der Waals surface area contributed by atoms with Gasteiger partial charge in [-0.2, -0.15) is 0 Å². The number of H-pyrrole nitrogens is 2. The summed E-state index contributed by atoms with van der Waals surface area (Å²) in [5, 5.41) is 1.16. The van der Waals surface area contributed by atoms with E-state index >= 15 is 0 Å². The summed E-state index contributed by atoms with van der Waals surface area (Å²) >= 11 is 0. The number of hydrogen-bond donors (Lipinski definition) is 3. The van der Waals surface area contributed by atoms with Crippen LogP contribution in [0.1, 0.15) is 17.0 Å². The molecule has 0 amide bonds. The van der Waals surface area contributed by atoms with Gasteiger partial charge in [0.25, 0.3) is 0 Å². The maximum absolute atomic E-state index is 6.05. The monoisotopic (exact) mass is 470 g/mol. The van der Waals surface area contributed by atoms with Crippen LogP contribution in [-0.2, 0) is 13.0 Å². The maximum Gasteiger partial charge on any atom is 0.180 e. The highest BCUT2D eigenvalue weighted by atomic mass is 16.5. The van der Waals surface area contributed by atoms with Gasteiger partial charge in [-0.15, -0.1) is 0 Å². The third kappa shape index (κ3) is 4.65. The van der Waals surface area contributed by atoms with Crippen LogP contribution < -0.4 is 15.2 Å². The SMILES string of the molecule is COc1ccc(CCN(C)Cc2ccc3[nH]c(-c4cc(N)nc5nc(C)[nH]c45)cc3c2)cc1OC. The molecule has 35 heavy (non-hydrogen) atoms. The van der Waals surface area contributed by atoms with Crippen LogP contribution in [0.3, 0.4) is 0 Å². The molecule has 3 aromatic heterocycles. The number of ether oxygens (including phenoxy) is 2. The minimum atomic E-state index is 0.453. The summed E-state index contributed by atoms with van der Waals surface area (Å²) in [4.78, 5) is 17.9. The molecule has 0 aliphatic carbocycles. The molecule has 0 saturated heterocycles. The van der Waals surface area contributed by atoms with Crippen molar-refractivity contribution in [2.45, 2.75) is 19.9 Å². The lowest BCUT2D eigenvalue weighted by atomic mass is 10.1. The zero-order valence-corrected chi connectivity index (χ0v) is 20.5. The molecule has 0 fully saturated rings. The Morgan fingerprint density at radius 2 is 1.71 bits per heavy atom. The fourth-order valence-corrected chi connectivity index (χ4v) is 4.51. The molecule has 2 aromatic carbocycles. The molecule has 5 rings (SSSR count). The van der Waals surface area contributed by atoms with Crippen LogP contribution >= 0.6 is 0 Å². The van der Waals surface area contributed by atoms with E-state index in [1.165, 1.54) is 11.1 Å². The summed E-state index contributed by atoms with van der Waals surface area (Å²) in [6.07, 6.45) is 0.927. The van der Waals surface area contributed by atoms with Gasteiger partial charge < -0.3 is 30.1 Å². The largest absolute Gasteiger partial charge is 0.493 e. The van der Waals surface area contributed by atoms with Crippen LogP contribution in [0, 0.1) is 6.92 Å². The Bertz CT molecular complexity index is 1500. The molecule has 8 heteroatoms. The van der Waals surface area contributed by atoms with E-state index in [0.29, 0.717) is 11.5 Å². The molecule has 4 N–H and O–H groups in total. The average molecular weight is 471 g/mol. The van der Waals surface area contributed by atoms with E-state index in [-0.39, 0.29) is 0 Å². The molecular weight excluding hydrogens is 440 g/mol. The fourth-order valence-electron chi connectivity index (χ4n) is 4.51. The number of nitrogens with two attached hydrogens (primary N) is 1. The van der Waals surface area contributed by atoms with Crippen molar-refractivity contribution in [2.75, 3.05) is 33.5 Å². The number of aryl methyl sites for hydroxylation is 1. The first-order valence-electron chi connectivity index (χ1n) is 11.6. The first kappa shape index (κ1) is 22.7. The number of imidazole rings is 1. The zero-order valence-electron chi connectivity index (χ0n) is 20.5. The van der Waals surface area contributed by atoms with Crippen molar-refractivity contribution >= 4 is 27.9 Å². The number of aromatic amines is 2. The number of likely N-dealkylation sites (N-methyl/N-ethyl adjacent to an activating group) is 1. The minimum Gasteiger partial charge on any atom is -0.493 e. The first-order chi connectivity index (χ1) is 16.9. The third-order valence-electron chi connectivity index (χ3n) is 6.26. The number of nitrogen functional groups attached to an aromatic ring is 1. The Morgan fingerprint density at radius 3 is 2.51 bits per heavy atom. The van der Waals surface area contributed by atoms with Crippen LogP contribution in [0.15, 0.2) is 48.5 Å². The molecule has 0 aliphatic heterocycles. The number of nitrogens with one attached hydrogen (secondary N) is 2. The van der Waals surface area contributed by atoms with Gasteiger partial charge in [-0.05, 0) is 67.9 Å². The highest BCUT2D eigenvalue weighted by molar-refractivity contribution is 5.95. The van der Waals surface area contributed by atoms with Crippen LogP contribution in [0.5, 0.6) is 11.5 Å². The van der Waals surface area contributed by atoms with Crippen LogP contribution in [0.2, 0.25) is 0 Å². The van der Waals surface area contributed by atoms with Gasteiger partial charge in [0.15, 0.2) is 17.1 Å². The van der Waals surface area contributed by atoms with Crippen molar-refractivity contribution in [1.29, 1.82) is 0 Å². The van der Waals surface area contributed by atoms with E-state index in [2.05, 4.69) is 62.2 Å². The Morgan fingerprint density at radius 1 is 0.914 bits per heavy atom. The summed E-state index contributed by atoms with van der Waals surface area (Å²) in [5.41, 5.74) is 13.1. The van der Waals surface area contributed by atoms with Crippen LogP contribution in [-0.4, -0.2) is 52.6 Å². The van der Waals surface area contributed by atoms with Gasteiger partial charge in [-0.1, -0.05) is 12.1 Å². The van der Waals surface area contributed by atoms with E-state index in [4.69, 9.17) is 15.2 Å². The number of fused-ring (bicyclic) bond motifs is 2. The van der Waals surface area contributed by atoms with Crippen molar-refractivity contribution < 1.29 is 9.47 Å². The van der Waals surface area contributed by atoms with E-state index in [1.807, 2.05) is 25.1 Å². The second-order valence-electron chi connectivity index (χ2n) is 8.90. The topological polar surface area (TPSA) is 105 Å². The molecule has 3 heterocycles. The third-order valence-corrected chi connectivity index (χ3v) is 6.26. The van der Waals surface area contributed by atoms with E-state index in [1.54, 1.807) is 14.2 Å². The predicted molar refractivity (Wildman–Crippen MR) is 140 cm³/mol. The summed E-state index contributed by atoms with van der Waals surface area (Å²) in [6, 6.07) is 16.7. The highest BCUT2D eigenvalue weighted by Gasteiger charge is 2.13. The molecule has 0 unspecified atom stereocenters. The Kier molecular flexibility index (Phi) is 6.05. The molecule has 0 bridgehead atoms. The van der Waals surface area contributed by atoms with Gasteiger partial charge in [-0.25, -0.2) is 9.97 Å². The second-order valence-corrected chi connectivity index (χ2v) is 8.90. The number of anilines is 1. The minimum absolute atomic E-state index is 0.453. The van der Waals surface area contributed by atoms with Gasteiger partial charge >= 0.3 is 0 Å². The predicted octanol–water partition coefficient (Wildman–Crippen LogP) is 4.69. The molecule has 0 saturated carbocycles. The quantitative estimate of drug-likeness (QED) is 0.304. The lowest BCUT2D eigenvalue weighted by Crippen LogP contribution is -2.20. The van der Waals surface area contributed by atoms with Crippen molar-refractivity contribution in [2.24, 2.45) is 0 Å². The maximum atomic E-state index is 6.05. The standard InChI is InChI=1S/C27H30N6O2/c1-16-29-26-20(14-25(28)32-27(26)30-16)22-13-19-11-18(5-7-21(19)31-22)15-33(2)10-9-17-6-8-23(34-3)24(12-17)35-4/h5-8,11-14,31H,9-10,15H2,1-4H3,(H3,28,29,30,32). The van der Waals surface area contributed by atoms with E-state index in [0.717, 1.165) is 64.5 Å². The van der Waals surface area contributed by atoms with Crippen molar-refractivity contribution in [3.63, 3.8) is 0 Å². The molecule has 0 aliphatic rings. The highest BCUT2D eigenvalue weighted by Crippen LogP contribution is 2.31. The van der Waals surface area contributed by atoms with Gasteiger partial charge in [-0.3, -0.25) is 0 Å². The van der Waals surface area contributed by atoms with Gasteiger partial charge in [0.2, 0.25) is 0 Å². The number of aromatic nitrogens is 4. The molecule has 8 nitrogen and oxygen atoms in total. The molecule has 0 atom stereocenters. The normalized spacial score (nSPS) is 11.6. The number of pyridine rings is 1. The second kappa shape index (κ2) is 9.31. The van der Waals surface area contributed by atoms with Crippen molar-refractivity contribution in [3.05, 3.63) is 65.5 Å². The van der Waals surface area contributed by atoms with E-state index < -0.39 is 0 Å². The van der Waals surface area contributed by atoms with E-state index in [9.17, 15) is 0 Å². The van der Waals surface area contributed by atoms with Crippen molar-refractivity contribution in [1.82, 2.24) is 24.8 Å². The summed E-state index contributed by atoms with van der Waals surface area (Å²) < 4.78 is 10.8.